The van der Waals surface area contributed by atoms with E-state index in [0.717, 1.165) is 19.3 Å². The predicted molar refractivity (Wildman–Crippen MR) is 70.1 cm³/mol. The standard InChI is InChI=1S/C14H27NO2/c1-11(2)17-10-13(16)14(15(4)5)8-6-7-12(3)9-14/h11-12H,6-10H2,1-5H3. The second kappa shape index (κ2) is 5.96. The highest BCUT2D eigenvalue weighted by molar-refractivity contribution is 5.89. The molecular weight excluding hydrogens is 214 g/mol. The third-order valence-corrected chi connectivity index (χ3v) is 3.90. The van der Waals surface area contributed by atoms with Crippen LogP contribution in [-0.4, -0.2) is 43.0 Å². The molecule has 0 heterocycles. The summed E-state index contributed by atoms with van der Waals surface area (Å²) >= 11 is 0. The minimum Gasteiger partial charge on any atom is -0.371 e. The highest BCUT2D eigenvalue weighted by Gasteiger charge is 2.43. The summed E-state index contributed by atoms with van der Waals surface area (Å²) in [6.07, 6.45) is 4.46. The van der Waals surface area contributed by atoms with Gasteiger partial charge >= 0.3 is 0 Å². The van der Waals surface area contributed by atoms with Crippen LogP contribution in [0.4, 0.5) is 0 Å². The van der Waals surface area contributed by atoms with Crippen LogP contribution in [0.1, 0.15) is 46.5 Å². The molecule has 2 unspecified atom stereocenters. The average molecular weight is 241 g/mol. The molecule has 0 radical (unpaired) electrons. The molecule has 3 heteroatoms. The van der Waals surface area contributed by atoms with E-state index < -0.39 is 0 Å². The maximum atomic E-state index is 12.4. The number of ketones is 1. The third kappa shape index (κ3) is 3.52. The number of hydrogen-bond acceptors (Lipinski definition) is 3. The third-order valence-electron chi connectivity index (χ3n) is 3.90. The topological polar surface area (TPSA) is 29.5 Å². The first kappa shape index (κ1) is 14.7. The van der Waals surface area contributed by atoms with E-state index in [1.54, 1.807) is 0 Å². The Morgan fingerprint density at radius 3 is 2.59 bits per heavy atom. The predicted octanol–water partition coefficient (Wildman–Crippen LogP) is 2.49. The van der Waals surface area contributed by atoms with Crippen LogP contribution in [0, 0.1) is 5.92 Å². The molecule has 1 rings (SSSR count). The Bertz CT molecular complexity index is 263. The van der Waals surface area contributed by atoms with Crippen LogP contribution in [-0.2, 0) is 9.53 Å². The van der Waals surface area contributed by atoms with Crippen LogP contribution in [0.15, 0.2) is 0 Å². The first-order valence-corrected chi connectivity index (χ1v) is 6.71. The van der Waals surface area contributed by atoms with Crippen molar-refractivity contribution in [3.05, 3.63) is 0 Å². The fourth-order valence-electron chi connectivity index (χ4n) is 2.81. The molecule has 17 heavy (non-hydrogen) atoms. The summed E-state index contributed by atoms with van der Waals surface area (Å²) < 4.78 is 5.49. The molecule has 0 saturated heterocycles. The Hall–Kier alpha value is -0.410. The van der Waals surface area contributed by atoms with Crippen molar-refractivity contribution in [3.63, 3.8) is 0 Å². The molecule has 1 aliphatic carbocycles. The number of hydrogen-bond donors (Lipinski definition) is 0. The van der Waals surface area contributed by atoms with E-state index in [9.17, 15) is 4.79 Å². The summed E-state index contributed by atoms with van der Waals surface area (Å²) in [5.74, 6) is 0.886. The van der Waals surface area contributed by atoms with Crippen molar-refractivity contribution in [1.82, 2.24) is 4.90 Å². The number of carbonyl (C=O) groups is 1. The van der Waals surface area contributed by atoms with Gasteiger partial charge in [-0.3, -0.25) is 9.69 Å². The summed E-state index contributed by atoms with van der Waals surface area (Å²) in [4.78, 5) is 14.6. The van der Waals surface area contributed by atoms with Crippen molar-refractivity contribution in [2.24, 2.45) is 5.92 Å². The zero-order valence-electron chi connectivity index (χ0n) is 12.0. The van der Waals surface area contributed by atoms with Crippen LogP contribution in [0.5, 0.6) is 0 Å². The van der Waals surface area contributed by atoms with Gasteiger partial charge in [0.1, 0.15) is 6.61 Å². The lowest BCUT2D eigenvalue weighted by Gasteiger charge is -2.43. The zero-order valence-corrected chi connectivity index (χ0v) is 12.0. The van der Waals surface area contributed by atoms with Gasteiger partial charge in [-0.15, -0.1) is 0 Å². The van der Waals surface area contributed by atoms with Crippen LogP contribution >= 0.6 is 0 Å². The fraction of sp³-hybridized carbons (Fsp3) is 0.929. The highest BCUT2D eigenvalue weighted by Crippen LogP contribution is 2.36. The van der Waals surface area contributed by atoms with Crippen molar-refractivity contribution in [2.75, 3.05) is 20.7 Å². The largest absolute Gasteiger partial charge is 0.371 e. The SMILES string of the molecule is CC1CCCC(C(=O)COC(C)C)(N(C)C)C1. The Kier molecular flexibility index (Phi) is 5.14. The summed E-state index contributed by atoms with van der Waals surface area (Å²) in [6, 6.07) is 0. The Labute approximate surface area is 106 Å². The molecule has 0 N–H and O–H groups in total. The number of ether oxygens (including phenoxy) is 1. The maximum Gasteiger partial charge on any atom is 0.178 e. The van der Waals surface area contributed by atoms with Gasteiger partial charge in [0.05, 0.1) is 11.6 Å². The molecule has 3 nitrogen and oxygen atoms in total. The Morgan fingerprint density at radius 1 is 1.47 bits per heavy atom. The van der Waals surface area contributed by atoms with E-state index in [-0.39, 0.29) is 24.0 Å². The minimum absolute atomic E-state index is 0.124. The van der Waals surface area contributed by atoms with Crippen molar-refractivity contribution in [3.8, 4) is 0 Å². The number of carbonyl (C=O) groups excluding carboxylic acids is 1. The molecule has 0 aromatic heterocycles. The van der Waals surface area contributed by atoms with Crippen molar-refractivity contribution in [1.29, 1.82) is 0 Å². The molecule has 1 fully saturated rings. The van der Waals surface area contributed by atoms with Crippen LogP contribution in [0.3, 0.4) is 0 Å². The van der Waals surface area contributed by atoms with Gasteiger partial charge in [-0.05, 0) is 46.7 Å². The van der Waals surface area contributed by atoms with Gasteiger partial charge in [-0.2, -0.15) is 0 Å². The summed E-state index contributed by atoms with van der Waals surface area (Å²) in [6.45, 7) is 6.44. The van der Waals surface area contributed by atoms with Gasteiger partial charge in [0.25, 0.3) is 0 Å². The van der Waals surface area contributed by atoms with E-state index in [2.05, 4.69) is 11.8 Å². The van der Waals surface area contributed by atoms with E-state index in [1.165, 1.54) is 6.42 Å². The summed E-state index contributed by atoms with van der Waals surface area (Å²) in [7, 11) is 4.04. The molecule has 0 amide bonds. The highest BCUT2D eigenvalue weighted by atomic mass is 16.5. The van der Waals surface area contributed by atoms with Gasteiger partial charge in [-0.1, -0.05) is 19.8 Å². The van der Waals surface area contributed by atoms with Gasteiger partial charge in [0, 0.05) is 0 Å². The van der Waals surface area contributed by atoms with Crippen LogP contribution < -0.4 is 0 Å². The summed E-state index contributed by atoms with van der Waals surface area (Å²) in [5, 5.41) is 0. The van der Waals surface area contributed by atoms with Gasteiger partial charge in [-0.25, -0.2) is 0 Å². The first-order valence-electron chi connectivity index (χ1n) is 6.71. The zero-order chi connectivity index (χ0) is 13.1. The smallest absolute Gasteiger partial charge is 0.178 e. The maximum absolute atomic E-state index is 12.4. The normalized spacial score (nSPS) is 29.9. The van der Waals surface area contributed by atoms with Crippen LogP contribution in [0.2, 0.25) is 0 Å². The Balaban J connectivity index is 2.73. The minimum atomic E-state index is -0.285. The van der Waals surface area contributed by atoms with Crippen molar-refractivity contribution in [2.45, 2.75) is 58.1 Å². The molecule has 1 saturated carbocycles. The molecule has 0 bridgehead atoms. The van der Waals surface area contributed by atoms with E-state index in [0.29, 0.717) is 5.92 Å². The lowest BCUT2D eigenvalue weighted by molar-refractivity contribution is -0.139. The summed E-state index contributed by atoms with van der Waals surface area (Å²) in [5.41, 5.74) is -0.285. The van der Waals surface area contributed by atoms with Crippen LogP contribution in [0.25, 0.3) is 0 Å². The molecule has 0 spiro atoms. The number of nitrogens with zero attached hydrogens (tertiary/aromatic N) is 1. The second-order valence-corrected chi connectivity index (χ2v) is 5.91. The fourth-order valence-corrected chi connectivity index (χ4v) is 2.81. The quantitative estimate of drug-likeness (QED) is 0.740. The van der Waals surface area contributed by atoms with Gasteiger partial charge < -0.3 is 4.74 Å². The van der Waals surface area contributed by atoms with E-state index in [4.69, 9.17) is 4.74 Å². The average Bonchev–Trinajstić information content (AvgIpc) is 2.25. The molecule has 0 aromatic rings. The van der Waals surface area contributed by atoms with Crippen molar-refractivity contribution < 1.29 is 9.53 Å². The lowest BCUT2D eigenvalue weighted by Crippen LogP contribution is -2.55. The number of rotatable bonds is 5. The van der Waals surface area contributed by atoms with Crippen molar-refractivity contribution >= 4 is 5.78 Å². The van der Waals surface area contributed by atoms with E-state index in [1.807, 2.05) is 27.9 Å². The monoisotopic (exact) mass is 241 g/mol. The molecule has 0 aliphatic heterocycles. The lowest BCUT2D eigenvalue weighted by atomic mass is 9.73. The number of likely N-dealkylation sites (N-methyl/N-ethyl adjacent to an activating group) is 1. The molecular formula is C14H27NO2. The van der Waals surface area contributed by atoms with Gasteiger partial charge in [0.2, 0.25) is 0 Å². The first-order chi connectivity index (χ1) is 7.88. The molecule has 0 aromatic carbocycles. The number of Topliss-reactive ketones (excluding diaryl/α,β-unsaturated/α-hetero) is 1. The Morgan fingerprint density at radius 2 is 2.12 bits per heavy atom. The molecule has 100 valence electrons. The van der Waals surface area contributed by atoms with Gasteiger partial charge in [0.15, 0.2) is 5.78 Å². The second-order valence-electron chi connectivity index (χ2n) is 5.91. The molecule has 2 atom stereocenters. The van der Waals surface area contributed by atoms with E-state index >= 15 is 0 Å². The molecule has 1 aliphatic rings.